The molecule has 7 nitrogen and oxygen atoms in total. The maximum atomic E-state index is 12.9. The lowest BCUT2D eigenvalue weighted by atomic mass is 10.0. The largest absolute Gasteiger partial charge is 0.305 e. The SMILES string of the molecule is C[C@@H]1CN(S(=O)(=O)c2ccc([N+](=O)[O-])cc2)C[C@H](c2ccccc2)N1. The molecule has 0 saturated carbocycles. The van der Waals surface area contributed by atoms with Crippen molar-refractivity contribution >= 4 is 15.7 Å². The van der Waals surface area contributed by atoms with Crippen LogP contribution in [0.4, 0.5) is 5.69 Å². The summed E-state index contributed by atoms with van der Waals surface area (Å²) < 4.78 is 27.3. The average molecular weight is 361 g/mol. The molecule has 1 heterocycles. The zero-order valence-corrected chi connectivity index (χ0v) is 14.5. The molecule has 0 amide bonds. The molecular formula is C17H19N3O4S. The predicted octanol–water partition coefficient (Wildman–Crippen LogP) is 2.32. The molecule has 3 rings (SSSR count). The highest BCUT2D eigenvalue weighted by atomic mass is 32.2. The molecule has 8 heteroatoms. The standard InChI is InChI=1S/C17H19N3O4S/c1-13-11-19(12-17(18-13)14-5-3-2-4-6-14)25(23,24)16-9-7-15(8-10-16)20(21)22/h2-10,13,17-18H,11-12H2,1H3/t13-,17-/m1/s1. The van der Waals surface area contributed by atoms with E-state index in [4.69, 9.17) is 0 Å². The van der Waals surface area contributed by atoms with Gasteiger partial charge in [0.1, 0.15) is 0 Å². The van der Waals surface area contributed by atoms with Gasteiger partial charge in [-0.1, -0.05) is 30.3 Å². The van der Waals surface area contributed by atoms with Gasteiger partial charge < -0.3 is 5.32 Å². The number of piperazine rings is 1. The normalized spacial score (nSPS) is 21.8. The van der Waals surface area contributed by atoms with Crippen LogP contribution in [0.15, 0.2) is 59.5 Å². The molecule has 1 N–H and O–H groups in total. The Bertz CT molecular complexity index is 853. The summed E-state index contributed by atoms with van der Waals surface area (Å²) in [6.07, 6.45) is 0. The summed E-state index contributed by atoms with van der Waals surface area (Å²) in [6.45, 7) is 2.60. The minimum absolute atomic E-state index is 0.00761. The van der Waals surface area contributed by atoms with Gasteiger partial charge >= 0.3 is 0 Å². The molecule has 25 heavy (non-hydrogen) atoms. The minimum Gasteiger partial charge on any atom is -0.305 e. The van der Waals surface area contributed by atoms with E-state index in [9.17, 15) is 18.5 Å². The molecule has 0 unspecified atom stereocenters. The van der Waals surface area contributed by atoms with E-state index in [0.717, 1.165) is 5.56 Å². The summed E-state index contributed by atoms with van der Waals surface area (Å²) >= 11 is 0. The molecular weight excluding hydrogens is 342 g/mol. The van der Waals surface area contributed by atoms with Crippen molar-refractivity contribution in [1.29, 1.82) is 0 Å². The fourth-order valence-electron chi connectivity index (χ4n) is 3.00. The summed E-state index contributed by atoms with van der Waals surface area (Å²) in [4.78, 5) is 10.3. The maximum Gasteiger partial charge on any atom is 0.269 e. The molecule has 0 aliphatic carbocycles. The number of nitrogens with zero attached hydrogens (tertiary/aromatic N) is 2. The third kappa shape index (κ3) is 3.71. The lowest BCUT2D eigenvalue weighted by molar-refractivity contribution is -0.384. The molecule has 0 aromatic heterocycles. The van der Waals surface area contributed by atoms with E-state index >= 15 is 0 Å². The summed E-state index contributed by atoms with van der Waals surface area (Å²) in [5.74, 6) is 0. The topological polar surface area (TPSA) is 92.5 Å². The Morgan fingerprint density at radius 1 is 1.08 bits per heavy atom. The van der Waals surface area contributed by atoms with Crippen LogP contribution < -0.4 is 5.32 Å². The number of hydrogen-bond acceptors (Lipinski definition) is 5. The molecule has 0 spiro atoms. The van der Waals surface area contributed by atoms with Crippen LogP contribution in [0.1, 0.15) is 18.5 Å². The average Bonchev–Trinajstić information content (AvgIpc) is 2.62. The van der Waals surface area contributed by atoms with Crippen LogP contribution in [0.3, 0.4) is 0 Å². The molecule has 0 bridgehead atoms. The van der Waals surface area contributed by atoms with Gasteiger partial charge in [-0.2, -0.15) is 4.31 Å². The Morgan fingerprint density at radius 2 is 1.72 bits per heavy atom. The van der Waals surface area contributed by atoms with Crippen LogP contribution in [0.2, 0.25) is 0 Å². The lowest BCUT2D eigenvalue weighted by Gasteiger charge is -2.37. The summed E-state index contributed by atoms with van der Waals surface area (Å²) in [6, 6.07) is 14.6. The van der Waals surface area contributed by atoms with Gasteiger partial charge in [0.15, 0.2) is 0 Å². The fourth-order valence-corrected chi connectivity index (χ4v) is 4.55. The predicted molar refractivity (Wildman–Crippen MR) is 93.6 cm³/mol. The molecule has 1 aliphatic rings. The monoisotopic (exact) mass is 361 g/mol. The van der Waals surface area contributed by atoms with Gasteiger partial charge in [-0.3, -0.25) is 10.1 Å². The van der Waals surface area contributed by atoms with E-state index in [1.165, 1.54) is 28.6 Å². The first kappa shape index (κ1) is 17.5. The van der Waals surface area contributed by atoms with Crippen LogP contribution in [-0.2, 0) is 10.0 Å². The highest BCUT2D eigenvalue weighted by Crippen LogP contribution is 2.25. The van der Waals surface area contributed by atoms with E-state index in [2.05, 4.69) is 5.32 Å². The van der Waals surface area contributed by atoms with Gasteiger partial charge in [0.25, 0.3) is 5.69 Å². The number of benzene rings is 2. The van der Waals surface area contributed by atoms with E-state index in [0.29, 0.717) is 13.1 Å². The number of rotatable bonds is 4. The highest BCUT2D eigenvalue weighted by molar-refractivity contribution is 7.89. The first-order chi connectivity index (χ1) is 11.9. The molecule has 2 atom stereocenters. The molecule has 2 aromatic carbocycles. The highest BCUT2D eigenvalue weighted by Gasteiger charge is 2.33. The maximum absolute atomic E-state index is 12.9. The Morgan fingerprint density at radius 3 is 2.32 bits per heavy atom. The third-order valence-corrected chi connectivity index (χ3v) is 6.08. The van der Waals surface area contributed by atoms with E-state index < -0.39 is 14.9 Å². The Balaban J connectivity index is 1.87. The zero-order valence-electron chi connectivity index (χ0n) is 13.7. The van der Waals surface area contributed by atoms with Gasteiger partial charge in [-0.25, -0.2) is 8.42 Å². The Kier molecular flexibility index (Phi) is 4.85. The van der Waals surface area contributed by atoms with Crippen molar-refractivity contribution in [3.63, 3.8) is 0 Å². The van der Waals surface area contributed by atoms with Crippen molar-refractivity contribution < 1.29 is 13.3 Å². The second-order valence-corrected chi connectivity index (χ2v) is 8.04. The molecule has 2 aromatic rings. The quantitative estimate of drug-likeness (QED) is 0.666. The van der Waals surface area contributed by atoms with Crippen molar-refractivity contribution in [3.05, 3.63) is 70.3 Å². The molecule has 1 fully saturated rings. The van der Waals surface area contributed by atoms with Crippen molar-refractivity contribution in [2.45, 2.75) is 23.9 Å². The first-order valence-electron chi connectivity index (χ1n) is 7.93. The van der Waals surface area contributed by atoms with E-state index in [1.54, 1.807) is 0 Å². The number of hydrogen-bond donors (Lipinski definition) is 1. The van der Waals surface area contributed by atoms with E-state index in [1.807, 2.05) is 37.3 Å². The van der Waals surface area contributed by atoms with E-state index in [-0.39, 0.29) is 22.7 Å². The Labute approximate surface area is 146 Å². The molecule has 1 saturated heterocycles. The number of nitro groups is 1. The molecule has 0 radical (unpaired) electrons. The summed E-state index contributed by atoms with van der Waals surface area (Å²) in [5, 5.41) is 14.2. The second-order valence-electron chi connectivity index (χ2n) is 6.10. The van der Waals surface area contributed by atoms with Crippen LogP contribution in [0, 0.1) is 10.1 Å². The number of non-ortho nitro benzene ring substituents is 1. The zero-order chi connectivity index (χ0) is 18.0. The van der Waals surface area contributed by atoms with Crippen molar-refractivity contribution in [2.75, 3.05) is 13.1 Å². The lowest BCUT2D eigenvalue weighted by Crippen LogP contribution is -2.52. The van der Waals surface area contributed by atoms with Gasteiger partial charge in [0, 0.05) is 37.3 Å². The van der Waals surface area contributed by atoms with Gasteiger partial charge in [0.05, 0.1) is 9.82 Å². The molecule has 1 aliphatic heterocycles. The number of nitro benzene ring substituents is 1. The summed E-state index contributed by atoms with van der Waals surface area (Å²) in [7, 11) is -3.71. The van der Waals surface area contributed by atoms with Gasteiger partial charge in [-0.05, 0) is 24.6 Å². The number of nitrogens with one attached hydrogen (secondary N) is 1. The Hall–Kier alpha value is -2.29. The van der Waals surface area contributed by atoms with Gasteiger partial charge in [0.2, 0.25) is 10.0 Å². The third-order valence-electron chi connectivity index (χ3n) is 4.24. The van der Waals surface area contributed by atoms with Crippen LogP contribution >= 0.6 is 0 Å². The van der Waals surface area contributed by atoms with Crippen molar-refractivity contribution in [2.24, 2.45) is 0 Å². The smallest absolute Gasteiger partial charge is 0.269 e. The minimum atomic E-state index is -3.71. The van der Waals surface area contributed by atoms with Crippen molar-refractivity contribution in [3.8, 4) is 0 Å². The van der Waals surface area contributed by atoms with Gasteiger partial charge in [-0.15, -0.1) is 0 Å². The summed E-state index contributed by atoms with van der Waals surface area (Å²) in [5.41, 5.74) is 0.896. The van der Waals surface area contributed by atoms with Crippen LogP contribution in [-0.4, -0.2) is 36.8 Å². The van der Waals surface area contributed by atoms with Crippen LogP contribution in [0.25, 0.3) is 0 Å². The van der Waals surface area contributed by atoms with Crippen molar-refractivity contribution in [1.82, 2.24) is 9.62 Å². The number of sulfonamides is 1. The second kappa shape index (κ2) is 6.91. The molecule has 132 valence electrons. The van der Waals surface area contributed by atoms with Crippen LogP contribution in [0.5, 0.6) is 0 Å². The fraction of sp³-hybridized carbons (Fsp3) is 0.294. The first-order valence-corrected chi connectivity index (χ1v) is 9.37.